The third kappa shape index (κ3) is 7.55. The molecule has 26 heavy (non-hydrogen) atoms. The van der Waals surface area contributed by atoms with Gasteiger partial charge in [-0.25, -0.2) is 16.8 Å². The van der Waals surface area contributed by atoms with Gasteiger partial charge in [0, 0.05) is 0 Å². The minimum atomic E-state index is -2.78. The molecule has 0 bridgehead atoms. The zero-order valence-electron chi connectivity index (χ0n) is 16.9. The van der Waals surface area contributed by atoms with Gasteiger partial charge in [-0.15, -0.1) is 0 Å². The molecular formula is C20H36O4S2. The van der Waals surface area contributed by atoms with Crippen molar-refractivity contribution in [2.75, 3.05) is 23.0 Å². The molecule has 0 saturated heterocycles. The molecule has 0 unspecified atom stereocenters. The molecule has 0 aromatic rings. The van der Waals surface area contributed by atoms with E-state index in [-0.39, 0.29) is 0 Å². The zero-order chi connectivity index (χ0) is 19.8. The lowest BCUT2D eigenvalue weighted by atomic mass is 10.0. The van der Waals surface area contributed by atoms with Gasteiger partial charge in [-0.05, 0) is 38.5 Å². The fourth-order valence-corrected chi connectivity index (χ4v) is 7.40. The van der Waals surface area contributed by atoms with Crippen molar-refractivity contribution >= 4 is 19.7 Å². The van der Waals surface area contributed by atoms with Crippen LogP contribution in [-0.2, 0) is 19.7 Å². The summed E-state index contributed by atoms with van der Waals surface area (Å²) in [6.07, 6.45) is 8.31. The molecule has 2 heterocycles. The molecule has 0 spiro atoms. The summed E-state index contributed by atoms with van der Waals surface area (Å²) in [7, 11) is -5.52. The largest absolute Gasteiger partial charge is 0.228 e. The van der Waals surface area contributed by atoms with Gasteiger partial charge in [0.05, 0.1) is 23.0 Å². The van der Waals surface area contributed by atoms with Gasteiger partial charge in [0.15, 0.2) is 19.7 Å². The van der Waals surface area contributed by atoms with Crippen molar-refractivity contribution in [3.8, 4) is 0 Å². The average molecular weight is 405 g/mol. The van der Waals surface area contributed by atoms with Crippen LogP contribution in [0.1, 0.15) is 79.1 Å². The normalized spacial score (nSPS) is 21.1. The van der Waals surface area contributed by atoms with Crippen LogP contribution in [0.3, 0.4) is 0 Å². The van der Waals surface area contributed by atoms with E-state index in [0.717, 1.165) is 62.5 Å². The van der Waals surface area contributed by atoms with Crippen molar-refractivity contribution in [2.24, 2.45) is 0 Å². The maximum atomic E-state index is 11.5. The Morgan fingerprint density at radius 2 is 0.885 bits per heavy atom. The highest BCUT2D eigenvalue weighted by molar-refractivity contribution is 7.92. The molecule has 0 fully saturated rings. The fraction of sp³-hybridized carbons (Fsp3) is 0.800. The van der Waals surface area contributed by atoms with E-state index < -0.39 is 19.7 Å². The zero-order valence-corrected chi connectivity index (χ0v) is 18.6. The maximum absolute atomic E-state index is 11.5. The molecule has 0 amide bonds. The molecule has 0 aliphatic carbocycles. The predicted octanol–water partition coefficient (Wildman–Crippen LogP) is 4.62. The van der Waals surface area contributed by atoms with Crippen molar-refractivity contribution in [2.45, 2.75) is 79.1 Å². The van der Waals surface area contributed by atoms with Crippen molar-refractivity contribution in [1.82, 2.24) is 0 Å². The second kappa shape index (κ2) is 10.6. The van der Waals surface area contributed by atoms with Gasteiger partial charge in [0.25, 0.3) is 0 Å². The van der Waals surface area contributed by atoms with E-state index in [1.54, 1.807) is 0 Å². The molecule has 0 aromatic carbocycles. The van der Waals surface area contributed by atoms with Crippen molar-refractivity contribution in [1.29, 1.82) is 0 Å². The van der Waals surface area contributed by atoms with Crippen LogP contribution in [0.25, 0.3) is 0 Å². The van der Waals surface area contributed by atoms with Gasteiger partial charge in [-0.2, -0.15) is 0 Å². The smallest absolute Gasteiger partial charge is 0.157 e. The first-order valence-corrected chi connectivity index (χ1v) is 13.6. The third-order valence-electron chi connectivity index (χ3n) is 5.09. The second-order valence-electron chi connectivity index (χ2n) is 7.39. The summed E-state index contributed by atoms with van der Waals surface area (Å²) in [4.78, 5) is 0. The molecule has 0 atom stereocenters. The first-order chi connectivity index (χ1) is 12.2. The van der Waals surface area contributed by atoms with Crippen molar-refractivity contribution in [3.05, 3.63) is 22.3 Å². The van der Waals surface area contributed by atoms with E-state index in [2.05, 4.69) is 13.8 Å². The van der Waals surface area contributed by atoms with Crippen LogP contribution in [0.4, 0.5) is 0 Å². The van der Waals surface area contributed by atoms with Gasteiger partial charge in [-0.1, -0.05) is 62.8 Å². The molecule has 152 valence electrons. The molecule has 0 N–H and O–H groups in total. The Hall–Kier alpha value is -0.620. The summed E-state index contributed by atoms with van der Waals surface area (Å²) in [5, 5.41) is 0. The summed E-state index contributed by atoms with van der Waals surface area (Å²) < 4.78 is 45.3. The molecule has 0 aromatic heterocycles. The van der Waals surface area contributed by atoms with Crippen LogP contribution in [0.5, 0.6) is 0 Å². The summed E-state index contributed by atoms with van der Waals surface area (Å²) in [6.45, 7) is 8.34. The Kier molecular flexibility index (Phi) is 9.59. The molecular weight excluding hydrogens is 368 g/mol. The van der Waals surface area contributed by atoms with Crippen molar-refractivity contribution in [3.63, 3.8) is 0 Å². The van der Waals surface area contributed by atoms with Crippen LogP contribution in [0.2, 0.25) is 0 Å². The highest BCUT2D eigenvalue weighted by Crippen LogP contribution is 2.27. The molecule has 4 nitrogen and oxygen atoms in total. The highest BCUT2D eigenvalue weighted by atomic mass is 32.2. The number of unbranched alkanes of at least 4 members (excludes halogenated alkanes) is 2. The van der Waals surface area contributed by atoms with E-state index in [4.69, 9.17) is 0 Å². The molecule has 2 aliphatic heterocycles. The minimum Gasteiger partial charge on any atom is -0.228 e. The van der Waals surface area contributed by atoms with E-state index in [1.807, 2.05) is 13.8 Å². The van der Waals surface area contributed by atoms with E-state index in [1.165, 1.54) is 11.1 Å². The van der Waals surface area contributed by atoms with Crippen LogP contribution in [0, 0.1) is 0 Å². The fourth-order valence-electron chi connectivity index (χ4n) is 3.55. The maximum Gasteiger partial charge on any atom is 0.157 e. The topological polar surface area (TPSA) is 68.3 Å². The summed E-state index contributed by atoms with van der Waals surface area (Å²) in [5.74, 6) is 1.30. The van der Waals surface area contributed by atoms with Gasteiger partial charge in [-0.3, -0.25) is 0 Å². The lowest BCUT2D eigenvalue weighted by molar-refractivity contribution is 0.600. The predicted molar refractivity (Wildman–Crippen MR) is 111 cm³/mol. The number of sulfone groups is 2. The Bertz CT molecular complexity index is 678. The van der Waals surface area contributed by atoms with Crippen LogP contribution in [-0.4, -0.2) is 39.8 Å². The van der Waals surface area contributed by atoms with E-state index in [0.29, 0.717) is 23.0 Å². The Labute approximate surface area is 161 Å². The number of hydrogen-bond acceptors (Lipinski definition) is 4. The Balaban J connectivity index is 0.000000273. The quantitative estimate of drug-likeness (QED) is 0.553. The molecule has 2 aliphatic rings. The molecule has 6 heteroatoms. The standard InChI is InChI=1S/C12H22O2S.C8H14O2S/c1-3-5-7-11-9-15(13,14)10-12(11)8-6-4-2;1-3-7-5-11(9,10)6-8(7)4-2/h3-10H2,1-2H3;3-6H2,1-2H3. The molecule has 2 rings (SSSR count). The Morgan fingerprint density at radius 3 is 1.15 bits per heavy atom. The first-order valence-electron chi connectivity index (χ1n) is 9.98. The van der Waals surface area contributed by atoms with Gasteiger partial charge in [0.1, 0.15) is 0 Å². The number of rotatable bonds is 8. The van der Waals surface area contributed by atoms with E-state index in [9.17, 15) is 16.8 Å². The number of hydrogen-bond donors (Lipinski definition) is 0. The lowest BCUT2D eigenvalue weighted by Crippen LogP contribution is -2.03. The average Bonchev–Trinajstić information content (AvgIpc) is 3.05. The summed E-state index contributed by atoms with van der Waals surface area (Å²) in [6, 6.07) is 0. The van der Waals surface area contributed by atoms with Crippen LogP contribution >= 0.6 is 0 Å². The van der Waals surface area contributed by atoms with Gasteiger partial charge >= 0.3 is 0 Å². The monoisotopic (exact) mass is 404 g/mol. The SMILES string of the molecule is CCC1=C(CC)CS(=O)(=O)C1.CCCCC1=C(CCCC)CS(=O)(=O)C1. The minimum absolute atomic E-state index is 0.312. The first kappa shape index (κ1) is 23.4. The molecule has 0 radical (unpaired) electrons. The lowest BCUT2D eigenvalue weighted by Gasteiger charge is -2.04. The van der Waals surface area contributed by atoms with E-state index >= 15 is 0 Å². The second-order valence-corrected chi connectivity index (χ2v) is 11.5. The van der Waals surface area contributed by atoms with Gasteiger partial charge in [0.2, 0.25) is 0 Å². The van der Waals surface area contributed by atoms with Crippen molar-refractivity contribution < 1.29 is 16.8 Å². The molecule has 0 saturated carbocycles. The Morgan fingerprint density at radius 1 is 0.577 bits per heavy atom. The summed E-state index contributed by atoms with van der Waals surface area (Å²) in [5.41, 5.74) is 4.75. The van der Waals surface area contributed by atoms with Crippen LogP contribution in [0.15, 0.2) is 22.3 Å². The third-order valence-corrected chi connectivity index (χ3v) is 8.25. The van der Waals surface area contributed by atoms with Gasteiger partial charge < -0.3 is 0 Å². The summed E-state index contributed by atoms with van der Waals surface area (Å²) >= 11 is 0. The highest BCUT2D eigenvalue weighted by Gasteiger charge is 2.26. The van der Waals surface area contributed by atoms with Crippen LogP contribution < -0.4 is 0 Å².